The van der Waals surface area contributed by atoms with Crippen LogP contribution >= 0.6 is 27.7 Å². The summed E-state index contributed by atoms with van der Waals surface area (Å²) in [6.45, 7) is 6.60. The molecule has 0 spiro atoms. The van der Waals surface area contributed by atoms with E-state index in [2.05, 4.69) is 50.0 Å². The average Bonchev–Trinajstić information content (AvgIpc) is 2.28. The molecule has 0 bridgehead atoms. The van der Waals surface area contributed by atoms with Gasteiger partial charge >= 0.3 is 0 Å². The van der Waals surface area contributed by atoms with E-state index in [4.69, 9.17) is 0 Å². The first kappa shape index (κ1) is 13.0. The largest absolute Gasteiger partial charge is 0.357 e. The molecular weight excluding hydrogens is 300 g/mol. The summed E-state index contributed by atoms with van der Waals surface area (Å²) in [5.74, 6) is 1.66. The molecule has 2 unspecified atom stereocenters. The first-order valence-corrected chi connectivity index (χ1v) is 7.44. The second kappa shape index (κ2) is 5.44. The van der Waals surface area contributed by atoms with Crippen molar-refractivity contribution in [1.29, 1.82) is 0 Å². The minimum Gasteiger partial charge on any atom is -0.357 e. The molecule has 1 aromatic rings. The Morgan fingerprint density at radius 3 is 2.65 bits per heavy atom. The molecule has 6 heteroatoms. The molecule has 2 heterocycles. The Morgan fingerprint density at radius 1 is 1.41 bits per heavy atom. The molecule has 2 atom stereocenters. The van der Waals surface area contributed by atoms with Gasteiger partial charge in [0.05, 0.1) is 4.47 Å². The van der Waals surface area contributed by atoms with Crippen LogP contribution < -0.4 is 10.2 Å². The minimum absolute atomic E-state index is 0.638. The fourth-order valence-corrected chi connectivity index (χ4v) is 3.82. The van der Waals surface area contributed by atoms with Crippen molar-refractivity contribution in [2.24, 2.45) is 0 Å². The van der Waals surface area contributed by atoms with Crippen LogP contribution in [0.2, 0.25) is 0 Å². The van der Waals surface area contributed by atoms with Gasteiger partial charge in [0.2, 0.25) is 5.95 Å². The number of halogens is 1. The fraction of sp³-hybridized carbons (Fsp3) is 0.636. The maximum atomic E-state index is 4.53. The van der Waals surface area contributed by atoms with Crippen molar-refractivity contribution in [1.82, 2.24) is 9.97 Å². The van der Waals surface area contributed by atoms with E-state index in [9.17, 15) is 0 Å². The number of hydrogen-bond donors (Lipinski definition) is 1. The molecule has 4 nitrogen and oxygen atoms in total. The van der Waals surface area contributed by atoms with Gasteiger partial charge in [0, 0.05) is 36.8 Å². The zero-order valence-electron chi connectivity index (χ0n) is 10.3. The number of nitrogens with zero attached hydrogens (tertiary/aromatic N) is 3. The molecule has 1 fully saturated rings. The SMILES string of the molecule is CNc1ncc(Br)c(N2CC(C)SC(C)C2)n1. The van der Waals surface area contributed by atoms with E-state index in [1.54, 1.807) is 0 Å². The topological polar surface area (TPSA) is 41.1 Å². The number of anilines is 2. The molecule has 94 valence electrons. The highest BCUT2D eigenvalue weighted by atomic mass is 79.9. The van der Waals surface area contributed by atoms with Crippen molar-refractivity contribution in [3.05, 3.63) is 10.7 Å². The van der Waals surface area contributed by atoms with Gasteiger partial charge < -0.3 is 10.2 Å². The number of thioether (sulfide) groups is 1. The van der Waals surface area contributed by atoms with Gasteiger partial charge in [-0.3, -0.25) is 0 Å². The van der Waals surface area contributed by atoms with Crippen molar-refractivity contribution in [3.63, 3.8) is 0 Å². The van der Waals surface area contributed by atoms with Crippen LogP contribution in [0.25, 0.3) is 0 Å². The Kier molecular flexibility index (Phi) is 4.14. The van der Waals surface area contributed by atoms with Crippen LogP contribution in [0.4, 0.5) is 11.8 Å². The molecule has 17 heavy (non-hydrogen) atoms. The van der Waals surface area contributed by atoms with E-state index in [-0.39, 0.29) is 0 Å². The van der Waals surface area contributed by atoms with E-state index in [0.717, 1.165) is 23.4 Å². The van der Waals surface area contributed by atoms with Crippen LogP contribution in [-0.2, 0) is 0 Å². The molecule has 1 aliphatic rings. The zero-order chi connectivity index (χ0) is 12.4. The average molecular weight is 317 g/mol. The molecule has 0 aromatic carbocycles. The first-order chi connectivity index (χ1) is 8.10. The summed E-state index contributed by atoms with van der Waals surface area (Å²) >= 11 is 5.57. The normalized spacial score (nSPS) is 24.8. The highest BCUT2D eigenvalue weighted by molar-refractivity contribution is 9.10. The van der Waals surface area contributed by atoms with Crippen LogP contribution in [0, 0.1) is 0 Å². The molecule has 0 aliphatic carbocycles. The van der Waals surface area contributed by atoms with Crippen LogP contribution in [0.3, 0.4) is 0 Å². The van der Waals surface area contributed by atoms with Crippen molar-refractivity contribution in [2.75, 3.05) is 30.4 Å². The summed E-state index contributed by atoms with van der Waals surface area (Å²) in [7, 11) is 1.84. The van der Waals surface area contributed by atoms with Crippen molar-refractivity contribution >= 4 is 39.5 Å². The van der Waals surface area contributed by atoms with Crippen LogP contribution in [0.5, 0.6) is 0 Å². The molecule has 1 aromatic heterocycles. The van der Waals surface area contributed by atoms with E-state index < -0.39 is 0 Å². The predicted molar refractivity (Wildman–Crippen MR) is 78.0 cm³/mol. The highest BCUT2D eigenvalue weighted by Crippen LogP contribution is 2.31. The van der Waals surface area contributed by atoms with Gasteiger partial charge in [-0.2, -0.15) is 16.7 Å². The zero-order valence-corrected chi connectivity index (χ0v) is 12.7. The van der Waals surface area contributed by atoms with Gasteiger partial charge in [0.25, 0.3) is 0 Å². The van der Waals surface area contributed by atoms with E-state index in [1.807, 2.05) is 25.0 Å². The number of aromatic nitrogens is 2. The summed E-state index contributed by atoms with van der Waals surface area (Å²) in [4.78, 5) is 11.1. The Hall–Kier alpha value is -0.490. The highest BCUT2D eigenvalue weighted by Gasteiger charge is 2.24. The van der Waals surface area contributed by atoms with Crippen molar-refractivity contribution in [3.8, 4) is 0 Å². The van der Waals surface area contributed by atoms with Crippen LogP contribution in [0.15, 0.2) is 10.7 Å². The van der Waals surface area contributed by atoms with Gasteiger partial charge in [0.15, 0.2) is 0 Å². The summed E-state index contributed by atoms with van der Waals surface area (Å²) < 4.78 is 0.961. The second-order valence-electron chi connectivity index (χ2n) is 4.28. The molecule has 2 rings (SSSR count). The standard InChI is InChI=1S/C11H17BrN4S/c1-7-5-16(6-8(2)17-7)10-9(12)4-14-11(13-3)15-10/h4,7-8H,5-6H2,1-3H3,(H,13,14,15). The lowest BCUT2D eigenvalue weighted by atomic mass is 10.3. The Balaban J connectivity index is 2.26. The summed E-state index contributed by atoms with van der Waals surface area (Å²) in [6.07, 6.45) is 1.81. The van der Waals surface area contributed by atoms with E-state index >= 15 is 0 Å². The number of nitrogens with one attached hydrogen (secondary N) is 1. The van der Waals surface area contributed by atoms with Gasteiger partial charge in [-0.1, -0.05) is 13.8 Å². The number of rotatable bonds is 2. The number of hydrogen-bond acceptors (Lipinski definition) is 5. The monoisotopic (exact) mass is 316 g/mol. The third kappa shape index (κ3) is 3.04. The van der Waals surface area contributed by atoms with Gasteiger partial charge in [-0.25, -0.2) is 4.98 Å². The Bertz CT molecular complexity index is 391. The Labute approximate surface area is 115 Å². The van der Waals surface area contributed by atoms with Crippen LogP contribution in [-0.4, -0.2) is 40.6 Å². The van der Waals surface area contributed by atoms with E-state index in [0.29, 0.717) is 16.4 Å². The molecular formula is C11H17BrN4S. The van der Waals surface area contributed by atoms with Gasteiger partial charge in [0.1, 0.15) is 5.82 Å². The lowest BCUT2D eigenvalue weighted by molar-refractivity contribution is 0.716. The summed E-state index contributed by atoms with van der Waals surface area (Å²) in [6, 6.07) is 0. The predicted octanol–water partition coefficient (Wildman–Crippen LogP) is 2.61. The Morgan fingerprint density at radius 2 is 2.06 bits per heavy atom. The quantitative estimate of drug-likeness (QED) is 0.908. The first-order valence-electron chi connectivity index (χ1n) is 5.71. The van der Waals surface area contributed by atoms with Gasteiger partial charge in [-0.05, 0) is 15.9 Å². The second-order valence-corrected chi connectivity index (χ2v) is 7.01. The van der Waals surface area contributed by atoms with Crippen molar-refractivity contribution < 1.29 is 0 Å². The van der Waals surface area contributed by atoms with Crippen molar-refractivity contribution in [2.45, 2.75) is 24.3 Å². The fourth-order valence-electron chi connectivity index (χ4n) is 2.05. The van der Waals surface area contributed by atoms with Crippen LogP contribution in [0.1, 0.15) is 13.8 Å². The lowest BCUT2D eigenvalue weighted by Crippen LogP contribution is -2.41. The minimum atomic E-state index is 0.638. The lowest BCUT2D eigenvalue weighted by Gasteiger charge is -2.35. The van der Waals surface area contributed by atoms with E-state index in [1.165, 1.54) is 0 Å². The smallest absolute Gasteiger partial charge is 0.224 e. The maximum absolute atomic E-state index is 4.53. The molecule has 1 N–H and O–H groups in total. The molecule has 0 radical (unpaired) electrons. The molecule has 0 amide bonds. The molecule has 0 saturated carbocycles. The third-order valence-corrected chi connectivity index (χ3v) is 4.46. The van der Waals surface area contributed by atoms with Gasteiger partial charge in [-0.15, -0.1) is 0 Å². The third-order valence-electron chi connectivity index (χ3n) is 2.67. The summed E-state index contributed by atoms with van der Waals surface area (Å²) in [5.41, 5.74) is 0. The molecule has 1 saturated heterocycles. The summed E-state index contributed by atoms with van der Waals surface area (Å²) in [5, 5.41) is 4.26. The maximum Gasteiger partial charge on any atom is 0.224 e. The molecule has 1 aliphatic heterocycles.